The summed E-state index contributed by atoms with van der Waals surface area (Å²) in [5, 5.41) is 0. The molecule has 0 amide bonds. The van der Waals surface area contributed by atoms with Crippen molar-refractivity contribution >= 4 is 21.7 Å². The van der Waals surface area contributed by atoms with Crippen LogP contribution in [0.25, 0.3) is 11.3 Å². The van der Waals surface area contributed by atoms with Crippen LogP contribution in [0.15, 0.2) is 22.7 Å². The van der Waals surface area contributed by atoms with Gasteiger partial charge in [-0.05, 0) is 31.0 Å². The highest BCUT2D eigenvalue weighted by atomic mass is 79.9. The minimum absolute atomic E-state index is 0.313. The fourth-order valence-electron chi connectivity index (χ4n) is 2.99. The van der Waals surface area contributed by atoms with Gasteiger partial charge in [-0.25, -0.2) is 14.1 Å². The predicted octanol–water partition coefficient (Wildman–Crippen LogP) is 3.80. The second-order valence-electron chi connectivity index (χ2n) is 5.53. The van der Waals surface area contributed by atoms with Crippen molar-refractivity contribution in [3.05, 3.63) is 34.3 Å². The van der Waals surface area contributed by atoms with Gasteiger partial charge in [0.2, 0.25) is 0 Å². The molecule has 2 aromatic rings. The van der Waals surface area contributed by atoms with Crippen LogP contribution >= 0.6 is 15.9 Å². The fraction of sp³-hybridized carbons (Fsp3) is 0.400. The summed E-state index contributed by atoms with van der Waals surface area (Å²) in [6, 6.07) is 4.73. The summed E-state index contributed by atoms with van der Waals surface area (Å²) >= 11 is 3.35. The number of hydrogen-bond acceptors (Lipinski definition) is 3. The number of rotatable bonds is 2. The molecule has 3 rings (SSSR count). The summed E-state index contributed by atoms with van der Waals surface area (Å²) in [6.45, 7) is 0. The van der Waals surface area contributed by atoms with Crippen molar-refractivity contribution in [2.45, 2.75) is 38.0 Å². The molecular formula is C15H18BrFN4. The minimum atomic E-state index is -0.349. The molecule has 1 aliphatic carbocycles. The maximum absolute atomic E-state index is 14.1. The van der Waals surface area contributed by atoms with Crippen LogP contribution in [0.4, 0.5) is 10.2 Å². The molecule has 21 heavy (non-hydrogen) atoms. The molecule has 0 aliphatic heterocycles. The number of imidazole rings is 1. The first-order valence-corrected chi connectivity index (χ1v) is 7.96. The van der Waals surface area contributed by atoms with E-state index in [-0.39, 0.29) is 5.82 Å². The van der Waals surface area contributed by atoms with Gasteiger partial charge in [-0.2, -0.15) is 0 Å². The van der Waals surface area contributed by atoms with Crippen molar-refractivity contribution in [1.29, 1.82) is 0 Å². The summed E-state index contributed by atoms with van der Waals surface area (Å²) in [4.78, 5) is 4.56. The van der Waals surface area contributed by atoms with Gasteiger partial charge in [0.05, 0.1) is 0 Å². The third-order valence-corrected chi connectivity index (χ3v) is 4.62. The number of anilines is 1. The Morgan fingerprint density at radius 2 is 1.95 bits per heavy atom. The van der Waals surface area contributed by atoms with E-state index in [1.54, 1.807) is 12.1 Å². The van der Waals surface area contributed by atoms with Crippen molar-refractivity contribution in [3.8, 4) is 11.3 Å². The van der Waals surface area contributed by atoms with E-state index in [2.05, 4.69) is 20.9 Å². The summed E-state index contributed by atoms with van der Waals surface area (Å²) in [5.41, 5.74) is 6.86. The predicted molar refractivity (Wildman–Crippen MR) is 85.7 cm³/mol. The van der Waals surface area contributed by atoms with Gasteiger partial charge in [0, 0.05) is 16.0 Å². The number of halogens is 2. The van der Waals surface area contributed by atoms with Crippen LogP contribution in [0.3, 0.4) is 0 Å². The van der Waals surface area contributed by atoms with Gasteiger partial charge in [0.25, 0.3) is 0 Å². The number of aromatic nitrogens is 2. The summed E-state index contributed by atoms with van der Waals surface area (Å²) in [7, 11) is 0. The average Bonchev–Trinajstić information content (AvgIpc) is 2.79. The molecule has 0 bridgehead atoms. The lowest BCUT2D eigenvalue weighted by atomic mass is 9.89. The standard InChI is InChI=1S/C15H18BrFN4/c16-10-6-7-12(17)11(8-10)13-14(18)21(19)15(20-13)9-4-2-1-3-5-9/h6-9H,1-5,18-19H2. The summed E-state index contributed by atoms with van der Waals surface area (Å²) in [5.74, 6) is 7.10. The molecule has 1 aliphatic rings. The zero-order chi connectivity index (χ0) is 15.0. The largest absolute Gasteiger partial charge is 0.382 e. The highest BCUT2D eigenvalue weighted by Gasteiger charge is 2.25. The molecule has 1 fully saturated rings. The lowest BCUT2D eigenvalue weighted by Gasteiger charge is -2.20. The van der Waals surface area contributed by atoms with Crippen LogP contribution in [0.1, 0.15) is 43.8 Å². The first kappa shape index (κ1) is 14.4. The maximum atomic E-state index is 14.1. The van der Waals surface area contributed by atoms with Crippen molar-refractivity contribution in [1.82, 2.24) is 9.66 Å². The smallest absolute Gasteiger partial charge is 0.150 e. The van der Waals surface area contributed by atoms with Crippen LogP contribution in [0.5, 0.6) is 0 Å². The zero-order valence-corrected chi connectivity index (χ0v) is 13.2. The fourth-order valence-corrected chi connectivity index (χ4v) is 3.35. The molecule has 1 heterocycles. The Hall–Kier alpha value is -1.56. The van der Waals surface area contributed by atoms with E-state index in [0.717, 1.165) is 23.1 Å². The van der Waals surface area contributed by atoms with Crippen LogP contribution in [-0.2, 0) is 0 Å². The van der Waals surface area contributed by atoms with Gasteiger partial charge in [-0.1, -0.05) is 35.2 Å². The van der Waals surface area contributed by atoms with Crippen LogP contribution in [-0.4, -0.2) is 9.66 Å². The number of nitrogens with two attached hydrogens (primary N) is 2. The van der Waals surface area contributed by atoms with Gasteiger partial charge in [-0.15, -0.1) is 0 Å². The van der Waals surface area contributed by atoms with Crippen LogP contribution < -0.4 is 11.6 Å². The summed E-state index contributed by atoms with van der Waals surface area (Å²) < 4.78 is 16.3. The van der Waals surface area contributed by atoms with E-state index in [0.29, 0.717) is 23.0 Å². The molecule has 0 unspecified atom stereocenters. The van der Waals surface area contributed by atoms with E-state index in [4.69, 9.17) is 11.6 Å². The molecule has 112 valence electrons. The lowest BCUT2D eigenvalue weighted by Crippen LogP contribution is -2.19. The van der Waals surface area contributed by atoms with Gasteiger partial charge in [0.1, 0.15) is 17.3 Å². The van der Waals surface area contributed by atoms with Crippen molar-refractivity contribution in [3.63, 3.8) is 0 Å². The molecule has 0 saturated heterocycles. The molecule has 0 radical (unpaired) electrons. The monoisotopic (exact) mass is 352 g/mol. The highest BCUT2D eigenvalue weighted by Crippen LogP contribution is 2.36. The van der Waals surface area contributed by atoms with Crippen LogP contribution in [0, 0.1) is 5.82 Å². The summed E-state index contributed by atoms with van der Waals surface area (Å²) in [6.07, 6.45) is 5.74. The third-order valence-electron chi connectivity index (χ3n) is 4.13. The van der Waals surface area contributed by atoms with E-state index in [1.165, 1.54) is 30.0 Å². The Balaban J connectivity index is 2.05. The first-order chi connectivity index (χ1) is 10.1. The third kappa shape index (κ3) is 2.64. The Labute approximate surface area is 131 Å². The molecular weight excluding hydrogens is 335 g/mol. The molecule has 0 spiro atoms. The topological polar surface area (TPSA) is 69.9 Å². The quantitative estimate of drug-likeness (QED) is 0.807. The molecule has 4 nitrogen and oxygen atoms in total. The van der Waals surface area contributed by atoms with Gasteiger partial charge in [-0.3, -0.25) is 0 Å². The van der Waals surface area contributed by atoms with E-state index >= 15 is 0 Å². The number of hydrogen-bond donors (Lipinski definition) is 2. The van der Waals surface area contributed by atoms with E-state index < -0.39 is 0 Å². The maximum Gasteiger partial charge on any atom is 0.150 e. The van der Waals surface area contributed by atoms with E-state index in [1.807, 2.05) is 0 Å². The molecule has 1 saturated carbocycles. The number of nitrogen functional groups attached to an aromatic ring is 2. The molecule has 6 heteroatoms. The van der Waals surface area contributed by atoms with E-state index in [9.17, 15) is 4.39 Å². The average molecular weight is 353 g/mol. The van der Waals surface area contributed by atoms with Crippen molar-refractivity contribution in [2.24, 2.45) is 0 Å². The molecule has 4 N–H and O–H groups in total. The Kier molecular flexibility index (Phi) is 3.89. The normalized spacial score (nSPS) is 16.3. The second-order valence-corrected chi connectivity index (χ2v) is 6.45. The number of nitrogens with zero attached hydrogens (tertiary/aromatic N) is 2. The second kappa shape index (κ2) is 5.67. The highest BCUT2D eigenvalue weighted by molar-refractivity contribution is 9.10. The molecule has 1 aromatic carbocycles. The zero-order valence-electron chi connectivity index (χ0n) is 11.6. The number of benzene rings is 1. The van der Waals surface area contributed by atoms with Gasteiger partial charge in [0.15, 0.2) is 5.82 Å². The van der Waals surface area contributed by atoms with Gasteiger partial charge >= 0.3 is 0 Å². The minimum Gasteiger partial charge on any atom is -0.382 e. The van der Waals surface area contributed by atoms with Gasteiger partial charge < -0.3 is 11.6 Å². The Morgan fingerprint density at radius 1 is 1.24 bits per heavy atom. The Morgan fingerprint density at radius 3 is 2.67 bits per heavy atom. The lowest BCUT2D eigenvalue weighted by molar-refractivity contribution is 0.424. The SMILES string of the molecule is Nc1c(-c2cc(Br)ccc2F)nc(C2CCCCC2)n1N. The molecule has 0 atom stereocenters. The van der Waals surface area contributed by atoms with Crippen LogP contribution in [0.2, 0.25) is 0 Å². The molecule has 1 aromatic heterocycles. The first-order valence-electron chi connectivity index (χ1n) is 7.16. The Bertz CT molecular complexity index is 662. The van der Waals surface area contributed by atoms with Crippen molar-refractivity contribution in [2.75, 3.05) is 11.6 Å². The van der Waals surface area contributed by atoms with Crippen molar-refractivity contribution < 1.29 is 4.39 Å².